The smallest absolute Gasteiger partial charge is 0.407 e. The molecule has 0 bridgehead atoms. The van der Waals surface area contributed by atoms with Gasteiger partial charge in [-0.25, -0.2) is 28.8 Å². The van der Waals surface area contributed by atoms with Gasteiger partial charge in [0.25, 0.3) is 0 Å². The second kappa shape index (κ2) is 43.7. The fourth-order valence-corrected chi connectivity index (χ4v) is 13.6. The van der Waals surface area contributed by atoms with Gasteiger partial charge in [-0.05, 0) is 301 Å². The van der Waals surface area contributed by atoms with Crippen molar-refractivity contribution in [2.24, 2.45) is 0 Å². The van der Waals surface area contributed by atoms with Gasteiger partial charge in [-0.1, -0.05) is 36.4 Å². The summed E-state index contributed by atoms with van der Waals surface area (Å²) < 4.78 is 407. The summed E-state index contributed by atoms with van der Waals surface area (Å²) >= 11 is 0. The van der Waals surface area contributed by atoms with Gasteiger partial charge in [0.05, 0.1) is 44.3 Å². The number of aromatic nitrogens is 6. The highest BCUT2D eigenvalue weighted by Crippen LogP contribution is 2.29. The Kier molecular flexibility index (Phi) is 16.7. The van der Waals surface area contributed by atoms with E-state index in [9.17, 15) is 28.8 Å². The van der Waals surface area contributed by atoms with Crippen LogP contribution in [0.25, 0.3) is 65.4 Å². The van der Waals surface area contributed by atoms with Crippen molar-refractivity contribution in [2.45, 2.75) is 113 Å². The van der Waals surface area contributed by atoms with Gasteiger partial charge in [-0.2, -0.15) is 0 Å². The number of amides is 6. The molecule has 0 saturated carbocycles. The number of nitrogens with one attached hydrogen (secondary N) is 12. The van der Waals surface area contributed by atoms with Crippen LogP contribution in [0.4, 0.5) is 28.8 Å². The Hall–Kier alpha value is -12.1. The molecule has 30 nitrogen and oxygen atoms in total. The Bertz CT molecular complexity index is 7990. The van der Waals surface area contributed by atoms with Gasteiger partial charge in [0, 0.05) is 183 Å². The number of carbonyl (C=O) groups excluding carboxylic acids is 6. The van der Waals surface area contributed by atoms with Crippen molar-refractivity contribution in [3.63, 3.8) is 0 Å². The van der Waals surface area contributed by atoms with E-state index in [4.69, 9.17) is 94.7 Å². The second-order valence-corrected chi connectivity index (χ2v) is 29.9. The van der Waals surface area contributed by atoms with Crippen LogP contribution in [0, 0.1) is 0 Å². The molecule has 30 heteroatoms. The third-order valence-corrected chi connectivity index (χ3v) is 19.5. The summed E-state index contributed by atoms with van der Waals surface area (Å²) in [6, 6.07) is 20.0. The molecule has 6 aliphatic rings. The van der Waals surface area contributed by atoms with E-state index in [1.807, 2.05) is 0 Å². The van der Waals surface area contributed by atoms with Crippen LogP contribution >= 0.6 is 0 Å². The molecule has 6 amide bonds. The van der Waals surface area contributed by atoms with Gasteiger partial charge in [-0.15, -0.1) is 0 Å². The molecule has 0 radical (unpaired) electrons. The number of alkyl carbamates (subject to hydrolysis) is 6. The number of likely N-dealkylation sites (N-methyl/N-ethyl adjacent to an activating group) is 6. The molecule has 12 N–H and O–H groups in total. The van der Waals surface area contributed by atoms with E-state index in [1.165, 1.54) is 67.0 Å². The maximum absolute atomic E-state index is 11.5. The SMILES string of the molecule is [2H]N1C(=O)OC[C@]1([2H])Cc1ccc2c(c1)c(C([2H])([2H])CN(C([2H])([2H])[2H])C([2H])([2H])[2H])cn2[2H].[2H]N1C(=O)OC[C@]1([2H])Cc1ccc2c(c1)c(C([2H])([2H])CN(C)C([2H])([2H])[2H])cn2[2H].[2H]N1C(=O)OC[C@]1([2H])Cc1ccc2c(c1)c(C([2H])([2H])CN(C)C)cn2[2H].[2H]N1C(=O)OC[C@]1([2H])Cc1ccc2c(c1)c(CC([2H])([2H])N(C([2H])([2H])[2H])C([2H])([2H])[2H])cn2[2H].[2H]N1C(=O)OC[C@]1([2H])Cc1ccc2c(c1)c(CC([2H])([2H])N(C)C([2H])([2H])[2H])cn2[2H].[2H]N1C(=O)OC[C@]1([2H])Cc1ccc2c(c1)c(CC([2H])([2H])N(C)C)cn2[2H]. The fraction of sp³-hybridized carbons (Fsp3) is 0.438. The molecule has 6 atom stereocenters. The van der Waals surface area contributed by atoms with Crippen molar-refractivity contribution < 1.29 is 123 Å². The Morgan fingerprint density at radius 2 is 0.508 bits per heavy atom. The van der Waals surface area contributed by atoms with Crippen LogP contribution < -0.4 is 31.9 Å². The molecule has 12 aromatic rings. The fourth-order valence-electron chi connectivity index (χ4n) is 13.6. The Labute approximate surface area is 804 Å². The first-order valence-corrected chi connectivity index (χ1v) is 39.4. The summed E-state index contributed by atoms with van der Waals surface area (Å²) in [6.45, 7) is -27.0. The number of fused-ring (bicyclic) bond motifs is 6. The third-order valence-electron chi connectivity index (χ3n) is 19.5. The molecule has 6 aromatic carbocycles. The lowest BCUT2D eigenvalue weighted by Crippen LogP contribution is -2.28. The molecule has 18 rings (SSSR count). The lowest BCUT2D eigenvalue weighted by atomic mass is 10.0. The predicted molar refractivity (Wildman–Crippen MR) is 495 cm³/mol. The van der Waals surface area contributed by atoms with Gasteiger partial charge in [0.1, 0.15) is 39.6 Å². The highest BCUT2D eigenvalue weighted by atomic mass is 16.6. The highest BCUT2D eigenvalue weighted by molar-refractivity contribution is 5.88. The number of carbonyl (C=O) groups is 6. The van der Waals surface area contributed by atoms with E-state index in [0.717, 1.165) is 46.9 Å². The van der Waals surface area contributed by atoms with Crippen molar-refractivity contribution in [3.05, 3.63) is 213 Å². The minimum Gasteiger partial charge on any atom is -0.447 e. The first-order chi connectivity index (χ1) is 79.5. The van der Waals surface area contributed by atoms with Crippen molar-refractivity contribution in [1.82, 2.24) is 91.1 Å². The summed E-state index contributed by atoms with van der Waals surface area (Å²) in [6.07, 6.45) is -4.12. The summed E-state index contributed by atoms with van der Waals surface area (Å²) in [7, 11) is 9.38. The molecular weight excluding hydrogens is 1600 g/mol. The molecule has 6 fully saturated rings. The lowest BCUT2D eigenvalue weighted by Gasteiger charge is -2.09. The van der Waals surface area contributed by atoms with E-state index in [1.54, 1.807) is 130 Å². The number of aryl methyl sites for hydroxylation is 3. The summed E-state index contributed by atoms with van der Waals surface area (Å²) in [5.41, 5.74) is 8.07. The van der Waals surface area contributed by atoms with Crippen molar-refractivity contribution >= 4 is 102 Å². The average molecular weight is 1770 g/mol. The Morgan fingerprint density at radius 1 is 0.294 bits per heavy atom. The second-order valence-electron chi connectivity index (χ2n) is 29.9. The number of rotatable bonds is 30. The molecule has 0 spiro atoms. The Balaban J connectivity index is 0.000000171. The van der Waals surface area contributed by atoms with Crippen LogP contribution in [0.2, 0.25) is 16.9 Å². The number of H-pyrrole nitrogens is 6. The largest absolute Gasteiger partial charge is 0.447 e. The summed E-state index contributed by atoms with van der Waals surface area (Å²) in [5.74, 6) is 0. The van der Waals surface area contributed by atoms with Crippen LogP contribution in [0.15, 0.2) is 146 Å². The van der Waals surface area contributed by atoms with E-state index in [2.05, 4.69) is 0 Å². The minimum atomic E-state index is -3.23. The molecular formula is C96H126N18O12. The first-order valence-electron chi connectivity index (χ1n) is 62.7. The van der Waals surface area contributed by atoms with E-state index in [0.29, 0.717) is 130 Å². The number of cyclic esters (lactones) is 6. The van der Waals surface area contributed by atoms with Crippen LogP contribution in [0.1, 0.15) is 116 Å². The first kappa shape index (κ1) is 48.0. The zero-order valence-electron chi connectivity index (χ0n) is 118. The number of aromatic amines is 6. The predicted octanol–water partition coefficient (Wildman–Crippen LogP) is 11.5. The number of ether oxygens (including phenoxy) is 6. The monoisotopic (exact) mass is 1770 g/mol. The average Bonchev–Trinajstić information content (AvgIpc) is 1.38. The molecule has 6 aromatic heterocycles. The topological polar surface area (TPSA) is 344 Å². The summed E-state index contributed by atoms with van der Waals surface area (Å²) in [4.78, 5) is 79.7. The van der Waals surface area contributed by atoms with Crippen LogP contribution in [0.5, 0.6) is 0 Å². The van der Waals surface area contributed by atoms with E-state index >= 15 is 0 Å². The number of nitrogens with zero attached hydrogens (tertiary/aromatic N) is 6. The lowest BCUT2D eigenvalue weighted by molar-refractivity contribution is 0.176. The number of hydrogen-bond acceptors (Lipinski definition) is 18. The van der Waals surface area contributed by atoms with Gasteiger partial charge in [0.2, 0.25) is 0 Å². The van der Waals surface area contributed by atoms with Gasteiger partial charge in [-0.3, -0.25) is 0 Å². The molecule has 672 valence electrons. The maximum atomic E-state index is 11.5. The summed E-state index contributed by atoms with van der Waals surface area (Å²) in [5, 5.41) is 5.73. The van der Waals surface area contributed by atoms with Gasteiger partial charge in [0.15, 0.2) is 16.9 Å². The minimum absolute atomic E-state index is 0.0149. The van der Waals surface area contributed by atoms with E-state index < -0.39 is 173 Å². The quantitative estimate of drug-likeness (QED) is 0.0186. The standard InChI is InChI=1S/6C16H21N3O2/c6*1-19(2)6-5-12-9-17-15-4-3-11(8-14(12)15)7-13-10-21-16(20)18-13/h6*3-4,8-9,13,17H,5-7,10H2,1-2H3,(H,18,20)/t6*13-/m000000/s1/i1D3,2D3,6D2,13D;1D3,2D3,5D2,13D;1D3,6D2,13D;1D3,5D2,13D;6D2,13D;5D2,13D/hD12. The van der Waals surface area contributed by atoms with Crippen molar-refractivity contribution in [1.29, 1.82) is 0 Å². The van der Waals surface area contributed by atoms with Gasteiger partial charge < -0.3 is 120 Å². The van der Waals surface area contributed by atoms with Crippen molar-refractivity contribution in [3.8, 4) is 0 Å². The molecule has 6 aliphatic heterocycles. The molecule has 0 aliphatic carbocycles. The third kappa shape index (κ3) is 26.5. The normalized spacial score (nSPS) is 29.0. The molecule has 126 heavy (non-hydrogen) atoms. The number of benzene rings is 6. The highest BCUT2D eigenvalue weighted by Gasteiger charge is 2.29. The van der Waals surface area contributed by atoms with Crippen molar-refractivity contribution in [2.75, 3.05) is 163 Å². The zero-order valence-corrected chi connectivity index (χ0v) is 69.5. The Morgan fingerprint density at radius 3 is 0.730 bits per heavy atom. The maximum Gasteiger partial charge on any atom is 0.407 e. The van der Waals surface area contributed by atoms with E-state index in [-0.39, 0.29) is 135 Å². The van der Waals surface area contributed by atoms with Gasteiger partial charge >= 0.3 is 36.6 Å². The number of hydrogen-bond donors (Lipinski definition) is 12. The molecule has 0 unspecified atom stereocenters. The van der Waals surface area contributed by atoms with Crippen LogP contribution in [-0.4, -0.2) is 295 Å². The van der Waals surface area contributed by atoms with Crippen LogP contribution in [-0.2, 0) is 105 Å². The molecule has 12 heterocycles. The molecule has 6 saturated heterocycles. The zero-order chi connectivity index (χ0) is 131. The van der Waals surface area contributed by atoms with Crippen LogP contribution in [0.3, 0.4) is 0 Å².